The number of fused-ring (bicyclic) bond motifs is 1. The number of anilines is 1. The van der Waals surface area contributed by atoms with E-state index in [1.807, 2.05) is 0 Å². The minimum absolute atomic E-state index is 0.0144. The summed E-state index contributed by atoms with van der Waals surface area (Å²) in [6, 6.07) is 6.27. The van der Waals surface area contributed by atoms with Crippen LogP contribution in [0.3, 0.4) is 0 Å². The van der Waals surface area contributed by atoms with Crippen molar-refractivity contribution in [1.82, 2.24) is 0 Å². The lowest BCUT2D eigenvalue weighted by Crippen LogP contribution is -2.13. The zero-order chi connectivity index (χ0) is 17.5. The molecular weight excluding hydrogens is 387 g/mol. The van der Waals surface area contributed by atoms with Gasteiger partial charge in [0, 0.05) is 4.88 Å². The Morgan fingerprint density at radius 1 is 1.33 bits per heavy atom. The lowest BCUT2D eigenvalue weighted by Gasteiger charge is -2.17. The fourth-order valence-corrected chi connectivity index (χ4v) is 5.82. The van der Waals surface area contributed by atoms with Crippen molar-refractivity contribution in [2.45, 2.75) is 31.1 Å². The summed E-state index contributed by atoms with van der Waals surface area (Å²) >= 11 is 13.1. The van der Waals surface area contributed by atoms with Gasteiger partial charge in [0.05, 0.1) is 20.5 Å². The number of hydrogen-bond acceptors (Lipinski definition) is 4. The number of nitriles is 1. The topological polar surface area (TPSA) is 70.0 Å². The number of nitrogens with zero attached hydrogens (tertiary/aromatic N) is 1. The summed E-state index contributed by atoms with van der Waals surface area (Å²) in [5.41, 5.74) is 1.41. The molecule has 1 atom stereocenters. The van der Waals surface area contributed by atoms with Gasteiger partial charge in [-0.2, -0.15) is 5.26 Å². The molecule has 0 saturated heterocycles. The Balaban J connectivity index is 1.99. The van der Waals surface area contributed by atoms with Crippen LogP contribution in [-0.4, -0.2) is 8.42 Å². The average molecular weight is 401 g/mol. The Labute approximate surface area is 155 Å². The van der Waals surface area contributed by atoms with Crippen molar-refractivity contribution in [2.75, 3.05) is 4.72 Å². The summed E-state index contributed by atoms with van der Waals surface area (Å²) in [4.78, 5) is 1.11. The van der Waals surface area contributed by atoms with Gasteiger partial charge in [-0.15, -0.1) is 11.3 Å². The first-order valence-corrected chi connectivity index (χ1v) is 10.4. The average Bonchev–Trinajstić information content (AvgIpc) is 2.85. The molecule has 126 valence electrons. The molecule has 0 radical (unpaired) electrons. The third-order valence-corrected chi connectivity index (χ3v) is 7.44. The minimum atomic E-state index is -3.83. The maximum absolute atomic E-state index is 12.6. The molecule has 0 amide bonds. The summed E-state index contributed by atoms with van der Waals surface area (Å²) in [6.07, 6.45) is 2.70. The molecule has 8 heteroatoms. The van der Waals surface area contributed by atoms with Crippen LogP contribution >= 0.6 is 34.5 Å². The predicted octanol–water partition coefficient (Wildman–Crippen LogP) is 4.85. The quantitative estimate of drug-likeness (QED) is 0.799. The van der Waals surface area contributed by atoms with Crippen LogP contribution in [0, 0.1) is 17.2 Å². The van der Waals surface area contributed by atoms with Crippen molar-refractivity contribution in [2.24, 2.45) is 5.92 Å². The van der Waals surface area contributed by atoms with Crippen LogP contribution in [0.2, 0.25) is 10.0 Å². The molecule has 1 aliphatic rings. The van der Waals surface area contributed by atoms with Gasteiger partial charge in [0.15, 0.2) is 0 Å². The Morgan fingerprint density at radius 2 is 2.08 bits per heavy atom. The Bertz CT molecular complexity index is 946. The van der Waals surface area contributed by atoms with Crippen LogP contribution in [0.5, 0.6) is 0 Å². The molecule has 1 N–H and O–H groups in total. The Kier molecular flexibility index (Phi) is 4.80. The van der Waals surface area contributed by atoms with E-state index >= 15 is 0 Å². The van der Waals surface area contributed by atoms with Crippen LogP contribution in [0.1, 0.15) is 29.3 Å². The van der Waals surface area contributed by atoms with Gasteiger partial charge in [-0.1, -0.05) is 30.1 Å². The van der Waals surface area contributed by atoms with Gasteiger partial charge in [0.25, 0.3) is 10.0 Å². The molecule has 0 spiro atoms. The molecule has 1 aromatic carbocycles. The number of nitrogens with one attached hydrogen (secondary N) is 1. The van der Waals surface area contributed by atoms with E-state index in [4.69, 9.17) is 23.2 Å². The van der Waals surface area contributed by atoms with Crippen LogP contribution in [0.15, 0.2) is 23.1 Å². The first-order valence-electron chi connectivity index (χ1n) is 7.34. The number of hydrogen-bond donors (Lipinski definition) is 1. The van der Waals surface area contributed by atoms with Crippen LogP contribution < -0.4 is 4.72 Å². The van der Waals surface area contributed by atoms with Gasteiger partial charge < -0.3 is 0 Å². The van der Waals surface area contributed by atoms with E-state index in [1.165, 1.54) is 29.5 Å². The molecule has 1 aliphatic carbocycles. The van der Waals surface area contributed by atoms with E-state index in [2.05, 4.69) is 17.7 Å². The first-order chi connectivity index (χ1) is 11.3. The van der Waals surface area contributed by atoms with Crippen LogP contribution in [0.4, 0.5) is 5.00 Å². The Morgan fingerprint density at radius 3 is 2.75 bits per heavy atom. The molecule has 1 unspecified atom stereocenters. The summed E-state index contributed by atoms with van der Waals surface area (Å²) in [6.45, 7) is 2.16. The van der Waals surface area contributed by atoms with Crippen molar-refractivity contribution in [1.29, 1.82) is 5.26 Å². The van der Waals surface area contributed by atoms with Gasteiger partial charge >= 0.3 is 0 Å². The highest BCUT2D eigenvalue weighted by atomic mass is 35.5. The lowest BCUT2D eigenvalue weighted by molar-refractivity contribution is 0.507. The molecule has 1 heterocycles. The highest BCUT2D eigenvalue weighted by Gasteiger charge is 2.26. The molecule has 2 aromatic rings. The molecule has 0 bridgehead atoms. The minimum Gasteiger partial charge on any atom is -0.269 e. The maximum Gasteiger partial charge on any atom is 0.262 e. The molecule has 0 aliphatic heterocycles. The molecule has 4 nitrogen and oxygen atoms in total. The lowest BCUT2D eigenvalue weighted by atomic mass is 9.89. The Hall–Kier alpha value is -1.26. The van der Waals surface area contributed by atoms with Crippen molar-refractivity contribution < 1.29 is 8.42 Å². The fraction of sp³-hybridized carbons (Fsp3) is 0.312. The molecule has 0 fully saturated rings. The van der Waals surface area contributed by atoms with Crippen molar-refractivity contribution in [3.05, 3.63) is 44.2 Å². The normalized spacial score (nSPS) is 17.2. The number of halogens is 2. The monoisotopic (exact) mass is 400 g/mol. The molecule has 0 saturated carbocycles. The smallest absolute Gasteiger partial charge is 0.262 e. The van der Waals surface area contributed by atoms with Crippen LogP contribution in [-0.2, 0) is 22.9 Å². The van der Waals surface area contributed by atoms with Gasteiger partial charge in [0.1, 0.15) is 11.1 Å². The SMILES string of the molecule is CC1CCc2c(sc(NS(=O)(=O)c3ccc(Cl)c(Cl)c3)c2C#N)C1. The van der Waals surface area contributed by atoms with Gasteiger partial charge in [0.2, 0.25) is 0 Å². The van der Waals surface area contributed by atoms with Crippen molar-refractivity contribution in [3.8, 4) is 6.07 Å². The predicted molar refractivity (Wildman–Crippen MR) is 97.5 cm³/mol. The second-order valence-corrected chi connectivity index (χ2v) is 9.45. The summed E-state index contributed by atoms with van der Waals surface area (Å²) in [5, 5.41) is 10.3. The van der Waals surface area contributed by atoms with Crippen molar-refractivity contribution in [3.63, 3.8) is 0 Å². The summed E-state index contributed by atoms with van der Waals surface area (Å²) in [5.74, 6) is 0.544. The number of thiophene rings is 1. The van der Waals surface area contributed by atoms with Crippen molar-refractivity contribution >= 4 is 49.6 Å². The standard InChI is InChI=1S/C16H14Cl2N2O2S2/c1-9-2-4-11-12(8-19)16(23-15(11)6-9)20-24(21,22)10-3-5-13(17)14(18)7-10/h3,5,7,9,20H,2,4,6H2,1H3. The zero-order valence-corrected chi connectivity index (χ0v) is 15.9. The molecule has 24 heavy (non-hydrogen) atoms. The summed E-state index contributed by atoms with van der Waals surface area (Å²) < 4.78 is 27.7. The number of benzene rings is 1. The first kappa shape index (κ1) is 17.6. The summed E-state index contributed by atoms with van der Waals surface area (Å²) in [7, 11) is -3.83. The van der Waals surface area contributed by atoms with E-state index < -0.39 is 10.0 Å². The largest absolute Gasteiger partial charge is 0.269 e. The van der Waals surface area contributed by atoms with E-state index in [-0.39, 0.29) is 14.9 Å². The third kappa shape index (κ3) is 3.27. The molecular formula is C16H14Cl2N2O2S2. The van der Waals surface area contributed by atoms with E-state index in [0.29, 0.717) is 16.5 Å². The van der Waals surface area contributed by atoms with E-state index in [1.54, 1.807) is 0 Å². The highest BCUT2D eigenvalue weighted by molar-refractivity contribution is 7.93. The van der Waals surface area contributed by atoms with E-state index in [9.17, 15) is 13.7 Å². The second-order valence-electron chi connectivity index (χ2n) is 5.85. The fourth-order valence-electron chi connectivity index (χ4n) is 2.77. The van der Waals surface area contributed by atoms with E-state index in [0.717, 1.165) is 29.7 Å². The highest BCUT2D eigenvalue weighted by Crippen LogP contribution is 2.40. The van der Waals surface area contributed by atoms with Gasteiger partial charge in [-0.3, -0.25) is 4.72 Å². The third-order valence-electron chi connectivity index (χ3n) is 4.05. The number of rotatable bonds is 3. The van der Waals surface area contributed by atoms with Crippen LogP contribution in [0.25, 0.3) is 0 Å². The van der Waals surface area contributed by atoms with Gasteiger partial charge in [-0.05, 0) is 48.9 Å². The number of sulfonamides is 1. The maximum atomic E-state index is 12.6. The molecule has 1 aromatic heterocycles. The second kappa shape index (κ2) is 6.57. The zero-order valence-electron chi connectivity index (χ0n) is 12.8. The van der Waals surface area contributed by atoms with Gasteiger partial charge in [-0.25, -0.2) is 8.42 Å². The molecule has 3 rings (SSSR count).